The van der Waals surface area contributed by atoms with Crippen LogP contribution < -0.4 is 15.5 Å². The van der Waals surface area contributed by atoms with Crippen molar-refractivity contribution >= 4 is 55.9 Å². The number of amides is 4. The Bertz CT molecular complexity index is 1110. The van der Waals surface area contributed by atoms with Crippen molar-refractivity contribution in [2.75, 3.05) is 15.5 Å². The number of urea groups is 1. The van der Waals surface area contributed by atoms with Crippen molar-refractivity contribution in [3.63, 3.8) is 0 Å². The molecule has 28 heavy (non-hydrogen) atoms. The van der Waals surface area contributed by atoms with Gasteiger partial charge in [0.1, 0.15) is 0 Å². The molecule has 142 valence electrons. The van der Waals surface area contributed by atoms with E-state index < -0.39 is 0 Å². The van der Waals surface area contributed by atoms with Gasteiger partial charge in [-0.25, -0.2) is 14.7 Å². The topological polar surface area (TPSA) is 91.4 Å². The molecule has 3 aromatic rings. The van der Waals surface area contributed by atoms with Gasteiger partial charge >= 0.3 is 6.03 Å². The Balaban J connectivity index is 1.51. The molecule has 1 saturated heterocycles. The maximum Gasteiger partial charge on any atom is 0.323 e. The molecule has 4 rings (SSSR count). The quantitative estimate of drug-likeness (QED) is 0.651. The predicted molar refractivity (Wildman–Crippen MR) is 110 cm³/mol. The summed E-state index contributed by atoms with van der Waals surface area (Å²) in [7, 11) is 0. The van der Waals surface area contributed by atoms with Gasteiger partial charge in [0.05, 0.1) is 10.2 Å². The van der Waals surface area contributed by atoms with Gasteiger partial charge in [-0.3, -0.25) is 9.59 Å². The number of aromatic nitrogens is 1. The van der Waals surface area contributed by atoms with E-state index in [1.54, 1.807) is 18.2 Å². The number of aryl methyl sites for hydroxylation is 2. The summed E-state index contributed by atoms with van der Waals surface area (Å²) in [6.45, 7) is 4.00. The van der Waals surface area contributed by atoms with Crippen molar-refractivity contribution in [3.05, 3.63) is 47.5 Å². The summed E-state index contributed by atoms with van der Waals surface area (Å²) >= 11 is 1.25. The number of anilines is 3. The fraction of sp³-hybridized carbons (Fsp3) is 0.200. The highest BCUT2D eigenvalue weighted by atomic mass is 32.1. The monoisotopic (exact) mass is 394 g/mol. The lowest BCUT2D eigenvalue weighted by Gasteiger charge is -2.09. The zero-order chi connectivity index (χ0) is 19.8. The van der Waals surface area contributed by atoms with Crippen molar-refractivity contribution in [2.45, 2.75) is 26.7 Å². The van der Waals surface area contributed by atoms with Crippen LogP contribution in [0.5, 0.6) is 0 Å². The van der Waals surface area contributed by atoms with Crippen LogP contribution in [0.4, 0.5) is 21.3 Å². The largest absolute Gasteiger partial charge is 0.323 e. The molecule has 2 aromatic carbocycles. The normalized spacial score (nSPS) is 14.0. The molecule has 4 amide bonds. The number of nitrogens with one attached hydrogen (secondary N) is 2. The summed E-state index contributed by atoms with van der Waals surface area (Å²) in [5, 5.41) is 5.98. The highest BCUT2D eigenvalue weighted by molar-refractivity contribution is 7.22. The van der Waals surface area contributed by atoms with Crippen LogP contribution in [-0.2, 0) is 9.59 Å². The molecule has 0 bridgehead atoms. The zero-order valence-corrected chi connectivity index (χ0v) is 16.2. The lowest BCUT2D eigenvalue weighted by Crippen LogP contribution is -2.28. The van der Waals surface area contributed by atoms with Crippen LogP contribution >= 0.6 is 11.3 Å². The van der Waals surface area contributed by atoms with Crippen LogP contribution in [0.25, 0.3) is 10.2 Å². The van der Waals surface area contributed by atoms with Gasteiger partial charge < -0.3 is 10.6 Å². The van der Waals surface area contributed by atoms with Gasteiger partial charge in [0.15, 0.2) is 5.13 Å². The minimum absolute atomic E-state index is 0.222. The van der Waals surface area contributed by atoms with Crippen LogP contribution in [0.2, 0.25) is 0 Å². The highest BCUT2D eigenvalue weighted by Gasteiger charge is 2.32. The molecule has 7 nitrogen and oxygen atoms in total. The number of carbonyl (C=O) groups is 3. The van der Waals surface area contributed by atoms with Crippen LogP contribution in [-0.4, -0.2) is 22.8 Å². The lowest BCUT2D eigenvalue weighted by molar-refractivity contribution is -0.121. The summed E-state index contributed by atoms with van der Waals surface area (Å²) in [6, 6.07) is 10.6. The number of hydrogen-bond donors (Lipinski definition) is 2. The van der Waals surface area contributed by atoms with E-state index in [1.807, 2.05) is 32.0 Å². The smallest absolute Gasteiger partial charge is 0.308 e. The molecular formula is C20H18N4O3S. The summed E-state index contributed by atoms with van der Waals surface area (Å²) in [4.78, 5) is 41.6. The van der Waals surface area contributed by atoms with Crippen LogP contribution in [0, 0.1) is 13.8 Å². The number of fused-ring (bicyclic) bond motifs is 1. The first kappa shape index (κ1) is 18.1. The molecule has 0 saturated carbocycles. The lowest BCUT2D eigenvalue weighted by atomic mass is 10.1. The number of rotatable bonds is 3. The fourth-order valence-corrected chi connectivity index (χ4v) is 4.03. The average molecular weight is 394 g/mol. The molecule has 0 atom stereocenters. The van der Waals surface area contributed by atoms with E-state index in [4.69, 9.17) is 0 Å². The predicted octanol–water partition coefficient (Wildman–Crippen LogP) is 4.21. The van der Waals surface area contributed by atoms with E-state index in [-0.39, 0.29) is 30.7 Å². The SMILES string of the molecule is Cc1ccc(NC(=O)Nc2ccc3nc(N4C(=O)CCC4=O)sc3c2)cc1C. The van der Waals surface area contributed by atoms with E-state index >= 15 is 0 Å². The zero-order valence-electron chi connectivity index (χ0n) is 15.4. The molecule has 0 unspecified atom stereocenters. The number of thiazole rings is 1. The maximum atomic E-state index is 12.3. The number of benzene rings is 2. The van der Waals surface area contributed by atoms with E-state index in [0.717, 1.165) is 20.7 Å². The van der Waals surface area contributed by atoms with Crippen molar-refractivity contribution in [1.29, 1.82) is 0 Å². The molecule has 1 aromatic heterocycles. The molecule has 0 aliphatic carbocycles. The van der Waals surface area contributed by atoms with Crippen molar-refractivity contribution in [3.8, 4) is 0 Å². The Kier molecular flexibility index (Phi) is 4.56. The van der Waals surface area contributed by atoms with Gasteiger partial charge in [0.25, 0.3) is 0 Å². The van der Waals surface area contributed by atoms with E-state index in [0.29, 0.717) is 22.0 Å². The first-order chi connectivity index (χ1) is 13.4. The number of imide groups is 1. The third kappa shape index (κ3) is 3.46. The molecule has 1 fully saturated rings. The second kappa shape index (κ2) is 7.05. The summed E-state index contributed by atoms with van der Waals surface area (Å²) in [5.41, 5.74) is 4.25. The summed E-state index contributed by atoms with van der Waals surface area (Å²) in [6.07, 6.45) is 0.445. The molecule has 1 aliphatic rings. The van der Waals surface area contributed by atoms with E-state index in [9.17, 15) is 14.4 Å². The number of carbonyl (C=O) groups excluding carboxylic acids is 3. The molecule has 0 radical (unpaired) electrons. The Morgan fingerprint density at radius 3 is 2.29 bits per heavy atom. The van der Waals surface area contributed by atoms with Crippen molar-refractivity contribution in [1.82, 2.24) is 4.98 Å². The first-order valence-electron chi connectivity index (χ1n) is 8.82. The first-order valence-corrected chi connectivity index (χ1v) is 9.64. The van der Waals surface area contributed by atoms with E-state index in [2.05, 4.69) is 15.6 Å². The standard InChI is InChI=1S/C20H18N4O3S/c1-11-3-4-13(9-12(11)2)21-19(27)22-14-5-6-15-16(10-14)28-20(23-15)24-17(25)7-8-18(24)26/h3-6,9-10H,7-8H2,1-2H3,(H2,21,22,27). The minimum Gasteiger partial charge on any atom is -0.308 e. The Morgan fingerprint density at radius 1 is 0.964 bits per heavy atom. The highest BCUT2D eigenvalue weighted by Crippen LogP contribution is 2.33. The van der Waals surface area contributed by atoms with Crippen molar-refractivity contribution in [2.24, 2.45) is 0 Å². The Morgan fingerprint density at radius 2 is 1.61 bits per heavy atom. The van der Waals surface area contributed by atoms with Crippen LogP contribution in [0.15, 0.2) is 36.4 Å². The van der Waals surface area contributed by atoms with Gasteiger partial charge in [0.2, 0.25) is 11.8 Å². The average Bonchev–Trinajstić information content (AvgIpc) is 3.20. The van der Waals surface area contributed by atoms with Gasteiger partial charge in [0, 0.05) is 24.2 Å². The third-order valence-corrected chi connectivity index (χ3v) is 5.65. The van der Waals surface area contributed by atoms with Crippen LogP contribution in [0.3, 0.4) is 0 Å². The second-order valence-electron chi connectivity index (χ2n) is 6.68. The van der Waals surface area contributed by atoms with E-state index in [1.165, 1.54) is 11.3 Å². The third-order valence-electron chi connectivity index (χ3n) is 4.64. The number of nitrogens with zero attached hydrogens (tertiary/aromatic N) is 2. The molecule has 0 spiro atoms. The minimum atomic E-state index is -0.350. The second-order valence-corrected chi connectivity index (χ2v) is 7.69. The van der Waals surface area contributed by atoms with Gasteiger partial charge in [-0.05, 0) is 55.3 Å². The maximum absolute atomic E-state index is 12.3. The summed E-state index contributed by atoms with van der Waals surface area (Å²) < 4.78 is 0.784. The number of hydrogen-bond acceptors (Lipinski definition) is 5. The summed E-state index contributed by atoms with van der Waals surface area (Å²) in [5.74, 6) is -0.453. The molecular weight excluding hydrogens is 376 g/mol. The van der Waals surface area contributed by atoms with Crippen molar-refractivity contribution < 1.29 is 14.4 Å². The molecule has 2 heterocycles. The van der Waals surface area contributed by atoms with Gasteiger partial charge in [-0.15, -0.1) is 0 Å². The molecule has 1 aliphatic heterocycles. The van der Waals surface area contributed by atoms with Crippen LogP contribution in [0.1, 0.15) is 24.0 Å². The molecule has 2 N–H and O–H groups in total. The molecule has 8 heteroatoms. The Labute approximate surface area is 165 Å². The van der Waals surface area contributed by atoms with Gasteiger partial charge in [-0.2, -0.15) is 0 Å². The Hall–Kier alpha value is -3.26. The van der Waals surface area contributed by atoms with Gasteiger partial charge in [-0.1, -0.05) is 17.4 Å². The fourth-order valence-electron chi connectivity index (χ4n) is 2.99.